The van der Waals surface area contributed by atoms with E-state index in [4.69, 9.17) is 0 Å². The molecule has 1 atom stereocenters. The zero-order valence-electron chi connectivity index (χ0n) is 16.2. The van der Waals surface area contributed by atoms with E-state index in [1.54, 1.807) is 6.26 Å². The van der Waals surface area contributed by atoms with Crippen LogP contribution in [0, 0.1) is 0 Å². The molecule has 0 saturated carbocycles. The number of hydrogen-bond donors (Lipinski definition) is 1. The van der Waals surface area contributed by atoms with Crippen LogP contribution < -0.4 is 0 Å². The fourth-order valence-electron chi connectivity index (χ4n) is 3.66. The molecule has 4 rings (SSSR count). The van der Waals surface area contributed by atoms with E-state index in [0.29, 0.717) is 0 Å². The topological polar surface area (TPSA) is 36.1 Å². The summed E-state index contributed by atoms with van der Waals surface area (Å²) in [4.78, 5) is 6.77. The van der Waals surface area contributed by atoms with Crippen LogP contribution in [0.3, 0.4) is 0 Å². The van der Waals surface area contributed by atoms with Crippen molar-refractivity contribution in [2.45, 2.75) is 17.1 Å². The van der Waals surface area contributed by atoms with Crippen LogP contribution in [0.2, 0.25) is 0 Å². The van der Waals surface area contributed by atoms with Crippen molar-refractivity contribution in [1.82, 2.24) is 9.88 Å². The molecule has 0 spiro atoms. The Morgan fingerprint density at radius 3 is 2.79 bits per heavy atom. The first-order valence-corrected chi connectivity index (χ1v) is 12.4. The Balaban J connectivity index is 1.28. The molecule has 0 amide bonds. The van der Waals surface area contributed by atoms with Gasteiger partial charge in [0, 0.05) is 70.2 Å². The Labute approximate surface area is 173 Å². The van der Waals surface area contributed by atoms with Crippen molar-refractivity contribution in [2.24, 2.45) is 0 Å². The number of fused-ring (bicyclic) bond motifs is 1. The Morgan fingerprint density at radius 1 is 1.18 bits per heavy atom. The maximum atomic E-state index is 11.8. The van der Waals surface area contributed by atoms with Crippen LogP contribution in [0.1, 0.15) is 17.5 Å². The van der Waals surface area contributed by atoms with Crippen molar-refractivity contribution >= 4 is 39.0 Å². The van der Waals surface area contributed by atoms with Gasteiger partial charge in [0.25, 0.3) is 0 Å². The lowest BCUT2D eigenvalue weighted by molar-refractivity contribution is 0.321. The predicted octanol–water partition coefficient (Wildman–Crippen LogP) is 4.93. The SMILES string of the molecule is CS(=O)c1ccc2[nH]cc(CSCCN3CC=C(c4ccccc4)CC3)c2c1. The lowest BCUT2D eigenvalue weighted by Gasteiger charge is -2.26. The van der Waals surface area contributed by atoms with Crippen molar-refractivity contribution in [3.63, 3.8) is 0 Å². The summed E-state index contributed by atoms with van der Waals surface area (Å²) in [5.41, 5.74) is 5.27. The molecule has 5 heteroatoms. The number of benzene rings is 2. The minimum absolute atomic E-state index is 0.896. The second-order valence-corrected chi connectivity index (χ2v) is 9.66. The average Bonchev–Trinajstić information content (AvgIpc) is 3.14. The van der Waals surface area contributed by atoms with Gasteiger partial charge in [-0.2, -0.15) is 11.8 Å². The lowest BCUT2D eigenvalue weighted by Crippen LogP contribution is -2.30. The zero-order valence-corrected chi connectivity index (χ0v) is 17.8. The van der Waals surface area contributed by atoms with Gasteiger partial charge in [-0.05, 0) is 41.3 Å². The second-order valence-electron chi connectivity index (χ2n) is 7.17. The van der Waals surface area contributed by atoms with Crippen LogP contribution in [0.15, 0.2) is 65.7 Å². The van der Waals surface area contributed by atoms with Gasteiger partial charge in [0.05, 0.1) is 0 Å². The third-order valence-electron chi connectivity index (χ3n) is 5.32. The first-order valence-electron chi connectivity index (χ1n) is 9.69. The monoisotopic (exact) mass is 410 g/mol. The molecular weight excluding hydrogens is 384 g/mol. The average molecular weight is 411 g/mol. The van der Waals surface area contributed by atoms with Crippen LogP contribution >= 0.6 is 11.8 Å². The molecule has 0 saturated heterocycles. The number of rotatable bonds is 7. The summed E-state index contributed by atoms with van der Waals surface area (Å²) in [6.07, 6.45) is 7.35. The van der Waals surface area contributed by atoms with Gasteiger partial charge in [-0.15, -0.1) is 0 Å². The van der Waals surface area contributed by atoms with Gasteiger partial charge in [0.2, 0.25) is 0 Å². The molecule has 28 heavy (non-hydrogen) atoms. The second kappa shape index (κ2) is 9.12. The Hall–Kier alpha value is -1.82. The number of aromatic nitrogens is 1. The molecule has 0 radical (unpaired) electrons. The zero-order chi connectivity index (χ0) is 19.3. The van der Waals surface area contributed by atoms with E-state index >= 15 is 0 Å². The number of nitrogens with one attached hydrogen (secondary N) is 1. The fourth-order valence-corrected chi connectivity index (χ4v) is 5.19. The minimum Gasteiger partial charge on any atom is -0.361 e. The summed E-state index contributed by atoms with van der Waals surface area (Å²) in [7, 11) is -0.938. The molecule has 2 aromatic carbocycles. The maximum Gasteiger partial charge on any atom is 0.0498 e. The summed E-state index contributed by atoms with van der Waals surface area (Å²) in [5.74, 6) is 2.11. The third-order valence-corrected chi connectivity index (χ3v) is 7.22. The molecule has 1 unspecified atom stereocenters. The highest BCUT2D eigenvalue weighted by Crippen LogP contribution is 2.26. The van der Waals surface area contributed by atoms with Gasteiger partial charge < -0.3 is 4.98 Å². The standard InChI is InChI=1S/C23H26N2OS2/c1-28(26)21-7-8-23-22(15-21)20(16-24-23)17-27-14-13-25-11-9-19(10-12-25)18-5-3-2-4-6-18/h2-9,15-16,24H,10-14,17H2,1H3. The van der Waals surface area contributed by atoms with Crippen molar-refractivity contribution < 1.29 is 4.21 Å². The number of nitrogens with zero attached hydrogens (tertiary/aromatic N) is 1. The normalized spacial score (nSPS) is 16.2. The Bertz CT molecular complexity index is 994. The largest absolute Gasteiger partial charge is 0.361 e. The van der Waals surface area contributed by atoms with Gasteiger partial charge >= 0.3 is 0 Å². The lowest BCUT2D eigenvalue weighted by atomic mass is 10.00. The van der Waals surface area contributed by atoms with Gasteiger partial charge in [0.15, 0.2) is 0 Å². The molecule has 0 aliphatic carbocycles. The Morgan fingerprint density at radius 2 is 2.04 bits per heavy atom. The highest BCUT2D eigenvalue weighted by Gasteiger charge is 2.13. The van der Waals surface area contributed by atoms with Crippen LogP contribution in [0.4, 0.5) is 0 Å². The van der Waals surface area contributed by atoms with E-state index in [1.807, 2.05) is 23.9 Å². The molecule has 3 aromatic rings. The van der Waals surface area contributed by atoms with E-state index < -0.39 is 10.8 Å². The number of thioether (sulfide) groups is 1. The molecule has 2 heterocycles. The van der Waals surface area contributed by atoms with Gasteiger partial charge in [-0.25, -0.2) is 0 Å². The smallest absolute Gasteiger partial charge is 0.0498 e. The highest BCUT2D eigenvalue weighted by molar-refractivity contribution is 7.98. The fraction of sp³-hybridized carbons (Fsp3) is 0.304. The number of aromatic amines is 1. The van der Waals surface area contributed by atoms with E-state index in [2.05, 4.69) is 58.6 Å². The van der Waals surface area contributed by atoms with Crippen LogP contribution in [0.5, 0.6) is 0 Å². The van der Waals surface area contributed by atoms with Gasteiger partial charge in [-0.3, -0.25) is 9.11 Å². The molecule has 0 bridgehead atoms. The molecular formula is C23H26N2OS2. The molecule has 1 N–H and O–H groups in total. The molecule has 1 aliphatic rings. The Kier molecular flexibility index (Phi) is 6.35. The quantitative estimate of drug-likeness (QED) is 0.561. The maximum absolute atomic E-state index is 11.8. The summed E-state index contributed by atoms with van der Waals surface area (Å²) >= 11 is 1.97. The van der Waals surface area contributed by atoms with E-state index in [-0.39, 0.29) is 0 Å². The highest BCUT2D eigenvalue weighted by atomic mass is 32.2. The molecule has 3 nitrogen and oxygen atoms in total. The number of hydrogen-bond acceptors (Lipinski definition) is 3. The summed E-state index contributed by atoms with van der Waals surface area (Å²) in [5, 5.41) is 1.20. The van der Waals surface area contributed by atoms with E-state index in [9.17, 15) is 4.21 Å². The summed E-state index contributed by atoms with van der Waals surface area (Å²) < 4.78 is 11.8. The van der Waals surface area contributed by atoms with Crippen molar-refractivity contribution in [1.29, 1.82) is 0 Å². The first-order chi connectivity index (χ1) is 13.7. The van der Waals surface area contributed by atoms with Crippen LogP contribution in [-0.4, -0.2) is 45.7 Å². The van der Waals surface area contributed by atoms with Crippen molar-refractivity contribution in [3.8, 4) is 0 Å². The van der Waals surface area contributed by atoms with Gasteiger partial charge in [0.1, 0.15) is 0 Å². The molecule has 1 aliphatic heterocycles. The van der Waals surface area contributed by atoms with Crippen LogP contribution in [-0.2, 0) is 16.6 Å². The summed E-state index contributed by atoms with van der Waals surface area (Å²) in [6, 6.07) is 16.8. The van der Waals surface area contributed by atoms with Crippen LogP contribution in [0.25, 0.3) is 16.5 Å². The van der Waals surface area contributed by atoms with Crippen molar-refractivity contribution in [2.75, 3.05) is 31.6 Å². The third kappa shape index (κ3) is 4.59. The van der Waals surface area contributed by atoms with E-state index in [0.717, 1.165) is 48.0 Å². The van der Waals surface area contributed by atoms with E-state index in [1.165, 1.54) is 22.1 Å². The summed E-state index contributed by atoms with van der Waals surface area (Å²) in [6.45, 7) is 3.30. The first kappa shape index (κ1) is 19.5. The molecule has 0 fully saturated rings. The van der Waals surface area contributed by atoms with Crippen molar-refractivity contribution in [3.05, 3.63) is 71.9 Å². The van der Waals surface area contributed by atoms with Gasteiger partial charge in [-0.1, -0.05) is 36.4 Å². The molecule has 146 valence electrons. The molecule has 1 aromatic heterocycles. The number of H-pyrrole nitrogens is 1. The minimum atomic E-state index is -0.938. The predicted molar refractivity (Wildman–Crippen MR) is 122 cm³/mol.